The Morgan fingerprint density at radius 3 is 2.81 bits per heavy atom. The molecule has 5 heteroatoms. The highest BCUT2D eigenvalue weighted by molar-refractivity contribution is 5.97. The monoisotopic (exact) mass is 225 g/mol. The summed E-state index contributed by atoms with van der Waals surface area (Å²) >= 11 is 0. The van der Waals surface area contributed by atoms with Crippen molar-refractivity contribution < 1.29 is 18.7 Å². The fourth-order valence-corrected chi connectivity index (χ4v) is 1.31. The molecule has 0 bridgehead atoms. The van der Waals surface area contributed by atoms with E-state index in [-0.39, 0.29) is 12.5 Å². The van der Waals surface area contributed by atoms with Crippen molar-refractivity contribution in [3.63, 3.8) is 0 Å². The maximum absolute atomic E-state index is 11.6. The molecule has 1 N–H and O–H groups in total. The van der Waals surface area contributed by atoms with Crippen LogP contribution in [0.2, 0.25) is 0 Å². The summed E-state index contributed by atoms with van der Waals surface area (Å²) in [6.45, 7) is 2.04. The van der Waals surface area contributed by atoms with Crippen molar-refractivity contribution in [1.29, 1.82) is 0 Å². The number of amides is 1. The zero-order valence-electron chi connectivity index (χ0n) is 9.36. The largest absolute Gasteiger partial charge is 0.468 e. The van der Waals surface area contributed by atoms with E-state index >= 15 is 0 Å². The van der Waals surface area contributed by atoms with E-state index in [1.165, 1.54) is 13.4 Å². The SMILES string of the molecule is CCC(C(=O)NCc1ccco1)C(=O)OC. The minimum Gasteiger partial charge on any atom is -0.468 e. The lowest BCUT2D eigenvalue weighted by Crippen LogP contribution is -2.35. The first-order valence-corrected chi connectivity index (χ1v) is 5.07. The molecular weight excluding hydrogens is 210 g/mol. The van der Waals surface area contributed by atoms with Crippen molar-refractivity contribution in [2.45, 2.75) is 19.9 Å². The van der Waals surface area contributed by atoms with Crippen molar-refractivity contribution in [2.75, 3.05) is 7.11 Å². The van der Waals surface area contributed by atoms with E-state index in [4.69, 9.17) is 4.42 Å². The summed E-state index contributed by atoms with van der Waals surface area (Å²) < 4.78 is 9.59. The van der Waals surface area contributed by atoms with Crippen LogP contribution >= 0.6 is 0 Å². The Morgan fingerprint density at radius 2 is 2.31 bits per heavy atom. The molecule has 0 fully saturated rings. The Balaban J connectivity index is 2.47. The summed E-state index contributed by atoms with van der Waals surface area (Å²) in [5, 5.41) is 2.62. The maximum atomic E-state index is 11.6. The second kappa shape index (κ2) is 5.95. The molecule has 5 nitrogen and oxygen atoms in total. The van der Waals surface area contributed by atoms with E-state index in [0.29, 0.717) is 12.2 Å². The second-order valence-electron chi connectivity index (χ2n) is 3.28. The number of furan rings is 1. The van der Waals surface area contributed by atoms with Gasteiger partial charge in [-0.15, -0.1) is 0 Å². The highest BCUT2D eigenvalue weighted by Crippen LogP contribution is 2.06. The molecule has 1 unspecified atom stereocenters. The molecule has 0 aromatic carbocycles. The van der Waals surface area contributed by atoms with Crippen LogP contribution in [0.3, 0.4) is 0 Å². The summed E-state index contributed by atoms with van der Waals surface area (Å²) in [6, 6.07) is 3.48. The quantitative estimate of drug-likeness (QED) is 0.601. The fourth-order valence-electron chi connectivity index (χ4n) is 1.31. The number of ether oxygens (including phenoxy) is 1. The minimum atomic E-state index is -0.750. The average Bonchev–Trinajstić information content (AvgIpc) is 2.79. The fraction of sp³-hybridized carbons (Fsp3) is 0.455. The van der Waals surface area contributed by atoms with Crippen LogP contribution in [0.25, 0.3) is 0 Å². The molecule has 0 spiro atoms. The Morgan fingerprint density at radius 1 is 1.56 bits per heavy atom. The zero-order valence-corrected chi connectivity index (χ0v) is 9.36. The molecule has 1 heterocycles. The van der Waals surface area contributed by atoms with Crippen LogP contribution in [0, 0.1) is 5.92 Å². The van der Waals surface area contributed by atoms with Crippen molar-refractivity contribution in [2.24, 2.45) is 5.92 Å². The van der Waals surface area contributed by atoms with Crippen molar-refractivity contribution in [1.82, 2.24) is 5.32 Å². The zero-order chi connectivity index (χ0) is 12.0. The molecule has 0 radical (unpaired) electrons. The summed E-state index contributed by atoms with van der Waals surface area (Å²) in [7, 11) is 1.27. The molecule has 1 atom stereocenters. The maximum Gasteiger partial charge on any atom is 0.318 e. The molecule has 0 aliphatic carbocycles. The summed E-state index contributed by atoms with van der Waals surface area (Å²) in [6.07, 6.45) is 1.94. The highest BCUT2D eigenvalue weighted by Gasteiger charge is 2.25. The van der Waals surface area contributed by atoms with Crippen LogP contribution in [0.4, 0.5) is 0 Å². The highest BCUT2D eigenvalue weighted by atomic mass is 16.5. The summed E-state index contributed by atoms with van der Waals surface area (Å²) in [5.74, 6) is -0.960. The van der Waals surface area contributed by atoms with Gasteiger partial charge in [-0.2, -0.15) is 0 Å². The molecule has 1 rings (SSSR count). The van der Waals surface area contributed by atoms with Gasteiger partial charge in [-0.05, 0) is 18.6 Å². The van der Waals surface area contributed by atoms with Gasteiger partial charge in [0.15, 0.2) is 0 Å². The lowest BCUT2D eigenvalue weighted by molar-refractivity contribution is -0.150. The Hall–Kier alpha value is -1.78. The van der Waals surface area contributed by atoms with Crippen LogP contribution in [0.5, 0.6) is 0 Å². The number of nitrogens with one attached hydrogen (secondary N) is 1. The minimum absolute atomic E-state index is 0.277. The van der Waals surface area contributed by atoms with Gasteiger partial charge < -0.3 is 14.5 Å². The van der Waals surface area contributed by atoms with Gasteiger partial charge in [0.25, 0.3) is 0 Å². The molecule has 88 valence electrons. The second-order valence-corrected chi connectivity index (χ2v) is 3.28. The van der Waals surface area contributed by atoms with E-state index in [1.54, 1.807) is 19.1 Å². The number of rotatable bonds is 5. The predicted molar refractivity (Wildman–Crippen MR) is 56.4 cm³/mol. The summed E-state index contributed by atoms with van der Waals surface area (Å²) in [5.41, 5.74) is 0. The van der Waals surface area contributed by atoms with Gasteiger partial charge in [0.1, 0.15) is 11.7 Å². The first-order chi connectivity index (χ1) is 7.69. The Bertz CT molecular complexity index is 345. The molecule has 16 heavy (non-hydrogen) atoms. The third-order valence-corrected chi connectivity index (χ3v) is 2.23. The van der Waals surface area contributed by atoms with Crippen LogP contribution in [-0.4, -0.2) is 19.0 Å². The molecule has 0 saturated carbocycles. The molecule has 0 aliphatic rings. The van der Waals surface area contributed by atoms with Crippen molar-refractivity contribution >= 4 is 11.9 Å². The smallest absolute Gasteiger partial charge is 0.318 e. The number of hydrogen-bond donors (Lipinski definition) is 1. The normalized spacial score (nSPS) is 11.9. The summed E-state index contributed by atoms with van der Waals surface area (Å²) in [4.78, 5) is 22.9. The van der Waals surface area contributed by atoms with Gasteiger partial charge in [0.2, 0.25) is 5.91 Å². The van der Waals surface area contributed by atoms with E-state index in [1.807, 2.05) is 0 Å². The number of carbonyl (C=O) groups excluding carboxylic acids is 2. The molecule has 1 aromatic heterocycles. The van der Waals surface area contributed by atoms with Gasteiger partial charge in [-0.3, -0.25) is 9.59 Å². The van der Waals surface area contributed by atoms with Crippen LogP contribution in [-0.2, 0) is 20.9 Å². The van der Waals surface area contributed by atoms with Gasteiger partial charge in [0, 0.05) is 0 Å². The van der Waals surface area contributed by atoms with Gasteiger partial charge in [-0.25, -0.2) is 0 Å². The molecule has 1 aromatic rings. The van der Waals surface area contributed by atoms with Crippen LogP contribution in [0.1, 0.15) is 19.1 Å². The lowest BCUT2D eigenvalue weighted by atomic mass is 10.1. The van der Waals surface area contributed by atoms with Gasteiger partial charge in [-0.1, -0.05) is 6.92 Å². The van der Waals surface area contributed by atoms with Gasteiger partial charge >= 0.3 is 5.97 Å². The molecule has 0 saturated heterocycles. The third-order valence-electron chi connectivity index (χ3n) is 2.23. The van der Waals surface area contributed by atoms with E-state index in [2.05, 4.69) is 10.1 Å². The lowest BCUT2D eigenvalue weighted by Gasteiger charge is -2.11. The van der Waals surface area contributed by atoms with E-state index in [0.717, 1.165) is 0 Å². The van der Waals surface area contributed by atoms with E-state index in [9.17, 15) is 9.59 Å². The topological polar surface area (TPSA) is 68.5 Å². The number of methoxy groups -OCH3 is 1. The van der Waals surface area contributed by atoms with Crippen LogP contribution in [0.15, 0.2) is 22.8 Å². The molecular formula is C11H15NO4. The van der Waals surface area contributed by atoms with Crippen LogP contribution < -0.4 is 5.32 Å². The van der Waals surface area contributed by atoms with Crippen molar-refractivity contribution in [3.05, 3.63) is 24.2 Å². The Kier molecular flexibility index (Phi) is 4.57. The third kappa shape index (κ3) is 3.12. The van der Waals surface area contributed by atoms with E-state index < -0.39 is 11.9 Å². The molecule has 0 aliphatic heterocycles. The van der Waals surface area contributed by atoms with Crippen molar-refractivity contribution in [3.8, 4) is 0 Å². The number of hydrogen-bond acceptors (Lipinski definition) is 4. The first kappa shape index (κ1) is 12.3. The predicted octanol–water partition coefficient (Wildman–Crippen LogP) is 1.09. The Labute approximate surface area is 93.8 Å². The number of carbonyl (C=O) groups is 2. The number of esters is 1. The van der Waals surface area contributed by atoms with Gasteiger partial charge in [0.05, 0.1) is 19.9 Å². The molecule has 1 amide bonds. The first-order valence-electron chi connectivity index (χ1n) is 5.07. The average molecular weight is 225 g/mol. The standard InChI is InChI=1S/C11H15NO4/c1-3-9(11(14)15-2)10(13)12-7-8-5-4-6-16-8/h4-6,9H,3,7H2,1-2H3,(H,12,13).